The summed E-state index contributed by atoms with van der Waals surface area (Å²) in [5.41, 5.74) is 3.46. The standard InChI is InChI=1S/C18H17F2N5O2S/c1-11-3-8-15(12(2)9-11)25-18(22-23-24-25)28-10-16(26)21-13-4-6-14(7-5-13)27-17(19)20/h3-9,17H,10H2,1-2H3,(H,21,26). The number of rotatable bonds is 7. The summed E-state index contributed by atoms with van der Waals surface area (Å²) in [5.74, 6) is -0.168. The van der Waals surface area contributed by atoms with Crippen LogP contribution >= 0.6 is 11.8 Å². The van der Waals surface area contributed by atoms with Gasteiger partial charge in [-0.2, -0.15) is 13.5 Å². The van der Waals surface area contributed by atoms with Crippen molar-refractivity contribution in [3.8, 4) is 11.4 Å². The third-order valence-electron chi connectivity index (χ3n) is 3.72. The lowest BCUT2D eigenvalue weighted by molar-refractivity contribution is -0.113. The van der Waals surface area contributed by atoms with Crippen molar-refractivity contribution in [2.45, 2.75) is 25.6 Å². The SMILES string of the molecule is Cc1ccc(-n2nnnc2SCC(=O)Nc2ccc(OC(F)F)cc2)c(C)c1. The zero-order valence-electron chi connectivity index (χ0n) is 15.1. The summed E-state index contributed by atoms with van der Waals surface area (Å²) in [5, 5.41) is 14.8. The van der Waals surface area contributed by atoms with Crippen molar-refractivity contribution >= 4 is 23.4 Å². The van der Waals surface area contributed by atoms with Gasteiger partial charge in [0.15, 0.2) is 0 Å². The number of carbonyl (C=O) groups is 1. The molecule has 28 heavy (non-hydrogen) atoms. The van der Waals surface area contributed by atoms with E-state index in [0.29, 0.717) is 10.8 Å². The number of aromatic nitrogens is 4. The van der Waals surface area contributed by atoms with Gasteiger partial charge in [-0.3, -0.25) is 4.79 Å². The maximum atomic E-state index is 12.2. The minimum Gasteiger partial charge on any atom is -0.435 e. The second-order valence-corrected chi connectivity index (χ2v) is 6.85. The molecule has 0 saturated carbocycles. The van der Waals surface area contributed by atoms with Crippen molar-refractivity contribution in [1.29, 1.82) is 0 Å². The van der Waals surface area contributed by atoms with Crippen molar-refractivity contribution in [1.82, 2.24) is 20.2 Å². The Morgan fingerprint density at radius 3 is 2.64 bits per heavy atom. The van der Waals surface area contributed by atoms with Gasteiger partial charge in [-0.1, -0.05) is 29.5 Å². The Bertz CT molecular complexity index is 963. The van der Waals surface area contributed by atoms with Crippen molar-refractivity contribution in [2.75, 3.05) is 11.1 Å². The van der Waals surface area contributed by atoms with E-state index in [-0.39, 0.29) is 17.4 Å². The Hall–Kier alpha value is -3.01. The highest BCUT2D eigenvalue weighted by molar-refractivity contribution is 7.99. The van der Waals surface area contributed by atoms with Crippen LogP contribution in [0.1, 0.15) is 11.1 Å². The number of aryl methyl sites for hydroxylation is 2. The fraction of sp³-hybridized carbons (Fsp3) is 0.222. The molecule has 1 aromatic heterocycles. The molecule has 2 aromatic carbocycles. The van der Waals surface area contributed by atoms with Crippen LogP contribution < -0.4 is 10.1 Å². The van der Waals surface area contributed by atoms with E-state index in [2.05, 4.69) is 25.6 Å². The minimum atomic E-state index is -2.89. The van der Waals surface area contributed by atoms with Crippen LogP contribution in [-0.2, 0) is 4.79 Å². The Balaban J connectivity index is 1.60. The number of alkyl halides is 2. The molecule has 3 aromatic rings. The van der Waals surface area contributed by atoms with Crippen molar-refractivity contribution in [3.05, 3.63) is 53.6 Å². The molecule has 0 atom stereocenters. The topological polar surface area (TPSA) is 81.9 Å². The lowest BCUT2D eigenvalue weighted by Gasteiger charge is -2.09. The Morgan fingerprint density at radius 2 is 1.96 bits per heavy atom. The van der Waals surface area contributed by atoms with Crippen molar-refractivity contribution in [2.24, 2.45) is 0 Å². The van der Waals surface area contributed by atoms with Crippen LogP contribution in [0.15, 0.2) is 47.6 Å². The van der Waals surface area contributed by atoms with Crippen LogP contribution in [0, 0.1) is 13.8 Å². The third kappa shape index (κ3) is 5.03. The van der Waals surface area contributed by atoms with Crippen LogP contribution in [-0.4, -0.2) is 38.5 Å². The number of nitrogens with zero attached hydrogens (tertiary/aromatic N) is 4. The second-order valence-electron chi connectivity index (χ2n) is 5.90. The molecule has 0 aliphatic heterocycles. The van der Waals surface area contributed by atoms with Crippen LogP contribution in [0.2, 0.25) is 0 Å². The molecule has 7 nitrogen and oxygen atoms in total. The summed E-state index contributed by atoms with van der Waals surface area (Å²) in [6.45, 7) is 1.08. The van der Waals surface area contributed by atoms with E-state index in [1.54, 1.807) is 4.68 Å². The van der Waals surface area contributed by atoms with Gasteiger partial charge in [0.2, 0.25) is 11.1 Å². The fourth-order valence-electron chi connectivity index (χ4n) is 2.51. The maximum Gasteiger partial charge on any atom is 0.387 e. The first-order chi connectivity index (χ1) is 13.4. The van der Waals surface area contributed by atoms with E-state index in [1.165, 1.54) is 36.0 Å². The number of hydrogen-bond donors (Lipinski definition) is 1. The number of halogens is 2. The van der Waals surface area contributed by atoms with Crippen molar-refractivity contribution in [3.63, 3.8) is 0 Å². The number of tetrazole rings is 1. The quantitative estimate of drug-likeness (QED) is 0.605. The van der Waals surface area contributed by atoms with Crippen LogP contribution in [0.4, 0.5) is 14.5 Å². The molecule has 0 saturated heterocycles. The van der Waals surface area contributed by atoms with E-state index in [9.17, 15) is 13.6 Å². The summed E-state index contributed by atoms with van der Waals surface area (Å²) >= 11 is 1.19. The van der Waals surface area contributed by atoms with E-state index in [0.717, 1.165) is 16.8 Å². The highest BCUT2D eigenvalue weighted by Crippen LogP contribution is 2.22. The molecule has 0 bridgehead atoms. The summed E-state index contributed by atoms with van der Waals surface area (Å²) in [6.07, 6.45) is 0. The number of hydrogen-bond acceptors (Lipinski definition) is 6. The Morgan fingerprint density at radius 1 is 1.21 bits per heavy atom. The van der Waals surface area contributed by atoms with Gasteiger partial charge in [0, 0.05) is 5.69 Å². The van der Waals surface area contributed by atoms with Gasteiger partial charge in [-0.25, -0.2) is 0 Å². The number of thioether (sulfide) groups is 1. The summed E-state index contributed by atoms with van der Waals surface area (Å²) in [7, 11) is 0. The number of anilines is 1. The predicted molar refractivity (Wildman–Crippen MR) is 101 cm³/mol. The highest BCUT2D eigenvalue weighted by Gasteiger charge is 2.13. The smallest absolute Gasteiger partial charge is 0.387 e. The third-order valence-corrected chi connectivity index (χ3v) is 4.64. The van der Waals surface area contributed by atoms with Crippen LogP contribution in [0.25, 0.3) is 5.69 Å². The molecule has 1 N–H and O–H groups in total. The zero-order valence-corrected chi connectivity index (χ0v) is 15.9. The van der Waals surface area contributed by atoms with Gasteiger partial charge in [0.05, 0.1) is 11.4 Å². The molecular weight excluding hydrogens is 388 g/mol. The average Bonchev–Trinajstić information content (AvgIpc) is 3.09. The van der Waals surface area contributed by atoms with Gasteiger partial charge < -0.3 is 10.1 Å². The molecule has 146 valence electrons. The van der Waals surface area contributed by atoms with E-state index < -0.39 is 6.61 Å². The fourth-order valence-corrected chi connectivity index (χ4v) is 3.19. The molecule has 0 unspecified atom stereocenters. The molecule has 3 rings (SSSR count). The minimum absolute atomic E-state index is 0.0232. The Kier molecular flexibility index (Phi) is 6.19. The van der Waals surface area contributed by atoms with Crippen LogP contribution in [0.5, 0.6) is 5.75 Å². The maximum absolute atomic E-state index is 12.2. The first kappa shape index (κ1) is 19.7. The molecule has 10 heteroatoms. The lowest BCUT2D eigenvalue weighted by atomic mass is 10.1. The van der Waals surface area contributed by atoms with Gasteiger partial charge in [-0.15, -0.1) is 5.10 Å². The molecule has 0 aliphatic carbocycles. The number of carbonyl (C=O) groups excluding carboxylic acids is 1. The normalized spacial score (nSPS) is 10.9. The first-order valence-electron chi connectivity index (χ1n) is 8.26. The predicted octanol–water partition coefficient (Wildman–Crippen LogP) is 3.61. The zero-order chi connectivity index (χ0) is 20.1. The van der Waals surface area contributed by atoms with E-state index in [1.807, 2.05) is 32.0 Å². The molecule has 0 spiro atoms. The summed E-state index contributed by atoms with van der Waals surface area (Å²) in [4.78, 5) is 12.2. The monoisotopic (exact) mass is 405 g/mol. The Labute approximate surface area is 164 Å². The molecule has 1 amide bonds. The van der Waals surface area contributed by atoms with E-state index >= 15 is 0 Å². The number of amides is 1. The number of ether oxygens (including phenoxy) is 1. The first-order valence-corrected chi connectivity index (χ1v) is 9.24. The van der Waals surface area contributed by atoms with Gasteiger partial charge in [-0.05, 0) is 60.2 Å². The van der Waals surface area contributed by atoms with Crippen molar-refractivity contribution < 1.29 is 18.3 Å². The average molecular weight is 405 g/mol. The summed E-state index contributed by atoms with van der Waals surface area (Å²) < 4.78 is 30.2. The summed E-state index contributed by atoms with van der Waals surface area (Å²) in [6, 6.07) is 11.6. The highest BCUT2D eigenvalue weighted by atomic mass is 32.2. The molecule has 0 aliphatic rings. The molecule has 1 heterocycles. The lowest BCUT2D eigenvalue weighted by Crippen LogP contribution is -2.14. The molecular formula is C18H17F2N5O2S. The van der Waals surface area contributed by atoms with E-state index in [4.69, 9.17) is 0 Å². The van der Waals surface area contributed by atoms with Crippen LogP contribution in [0.3, 0.4) is 0 Å². The largest absolute Gasteiger partial charge is 0.435 e. The van der Waals surface area contributed by atoms with Gasteiger partial charge in [0.25, 0.3) is 0 Å². The van der Waals surface area contributed by atoms with Gasteiger partial charge in [0.1, 0.15) is 5.75 Å². The number of nitrogens with one attached hydrogen (secondary N) is 1. The number of benzene rings is 2. The van der Waals surface area contributed by atoms with Gasteiger partial charge >= 0.3 is 6.61 Å². The molecule has 0 radical (unpaired) electrons. The second kappa shape index (κ2) is 8.79. The molecule has 0 fully saturated rings.